The van der Waals surface area contributed by atoms with Crippen molar-refractivity contribution in [2.45, 2.75) is 19.0 Å². The molecule has 0 unspecified atom stereocenters. The molecule has 0 aliphatic heterocycles. The Balaban J connectivity index is 1.89. The molecule has 1 aromatic carbocycles. The molecule has 0 bridgehead atoms. The van der Waals surface area contributed by atoms with Crippen molar-refractivity contribution in [2.75, 3.05) is 12.4 Å². The Morgan fingerprint density at radius 2 is 2.04 bits per heavy atom. The van der Waals surface area contributed by atoms with Gasteiger partial charge in [-0.05, 0) is 19.9 Å². The Morgan fingerprint density at radius 3 is 2.78 bits per heavy atom. The van der Waals surface area contributed by atoms with Gasteiger partial charge in [-0.25, -0.2) is 4.98 Å². The van der Waals surface area contributed by atoms with Gasteiger partial charge in [0, 0.05) is 11.8 Å². The molecule has 3 rings (SSSR count). The average Bonchev–Trinajstić information content (AvgIpc) is 2.97. The molecule has 0 aliphatic rings. The standard InChI is InChI=1S/C16H16N4O2S/c1-3-22-14(21)10-23-16-18-15-17-9-8-13(20(15)19-16)12-6-4-11(2)5-7-12/h4-9H,3,10H2,1-2H3. The monoisotopic (exact) mass is 328 g/mol. The molecule has 2 heterocycles. The van der Waals surface area contributed by atoms with E-state index in [1.54, 1.807) is 17.6 Å². The topological polar surface area (TPSA) is 69.4 Å². The fourth-order valence-electron chi connectivity index (χ4n) is 2.11. The summed E-state index contributed by atoms with van der Waals surface area (Å²) in [6.07, 6.45) is 1.71. The number of hydrogen-bond donors (Lipinski definition) is 0. The third kappa shape index (κ3) is 3.50. The molecule has 6 nitrogen and oxygen atoms in total. The number of carbonyl (C=O) groups is 1. The Morgan fingerprint density at radius 1 is 1.26 bits per heavy atom. The van der Waals surface area contributed by atoms with Crippen LogP contribution < -0.4 is 0 Å². The quantitative estimate of drug-likeness (QED) is 0.530. The van der Waals surface area contributed by atoms with Crippen LogP contribution in [0.25, 0.3) is 17.0 Å². The second kappa shape index (κ2) is 6.78. The number of nitrogens with zero attached hydrogens (tertiary/aromatic N) is 4. The molecule has 0 amide bonds. The molecule has 0 saturated heterocycles. The molecule has 0 aliphatic carbocycles. The second-order valence-corrected chi connectivity index (χ2v) is 5.84. The number of aromatic nitrogens is 4. The summed E-state index contributed by atoms with van der Waals surface area (Å²) in [4.78, 5) is 20.0. The predicted molar refractivity (Wildman–Crippen MR) is 88.3 cm³/mol. The molecular formula is C16H16N4O2S. The van der Waals surface area contributed by atoms with Crippen molar-refractivity contribution < 1.29 is 9.53 Å². The highest BCUT2D eigenvalue weighted by molar-refractivity contribution is 7.99. The van der Waals surface area contributed by atoms with E-state index in [1.807, 2.05) is 25.1 Å². The van der Waals surface area contributed by atoms with Gasteiger partial charge in [-0.15, -0.1) is 5.10 Å². The van der Waals surface area contributed by atoms with Gasteiger partial charge in [0.2, 0.25) is 5.16 Å². The van der Waals surface area contributed by atoms with E-state index in [1.165, 1.54) is 17.3 Å². The molecule has 2 aromatic heterocycles. The maximum absolute atomic E-state index is 11.4. The lowest BCUT2D eigenvalue weighted by molar-refractivity contribution is -0.139. The zero-order valence-electron chi connectivity index (χ0n) is 12.9. The van der Waals surface area contributed by atoms with Crippen LogP contribution in [0.1, 0.15) is 12.5 Å². The van der Waals surface area contributed by atoms with Crippen LogP contribution in [0.2, 0.25) is 0 Å². The van der Waals surface area contributed by atoms with Gasteiger partial charge in [0.15, 0.2) is 0 Å². The first-order chi connectivity index (χ1) is 11.2. The molecule has 0 saturated carbocycles. The van der Waals surface area contributed by atoms with Gasteiger partial charge in [-0.3, -0.25) is 4.79 Å². The average molecular weight is 328 g/mol. The zero-order chi connectivity index (χ0) is 16.2. The minimum Gasteiger partial charge on any atom is -0.465 e. The van der Waals surface area contributed by atoms with Crippen molar-refractivity contribution in [3.63, 3.8) is 0 Å². The maximum atomic E-state index is 11.4. The fourth-order valence-corrected chi connectivity index (χ4v) is 2.72. The summed E-state index contributed by atoms with van der Waals surface area (Å²) in [5, 5.41) is 4.95. The Bertz CT molecular complexity index is 830. The van der Waals surface area contributed by atoms with E-state index in [0.29, 0.717) is 17.5 Å². The number of ether oxygens (including phenoxy) is 1. The summed E-state index contributed by atoms with van der Waals surface area (Å²) in [6, 6.07) is 10.1. The third-order valence-corrected chi connectivity index (χ3v) is 4.00. The number of fused-ring (bicyclic) bond motifs is 1. The fraction of sp³-hybridized carbons (Fsp3) is 0.250. The summed E-state index contributed by atoms with van der Waals surface area (Å²) in [6.45, 7) is 4.20. The van der Waals surface area contributed by atoms with Crippen LogP contribution in [0, 0.1) is 6.92 Å². The van der Waals surface area contributed by atoms with E-state index in [0.717, 1.165) is 11.3 Å². The second-order valence-electron chi connectivity index (χ2n) is 4.90. The van der Waals surface area contributed by atoms with Crippen LogP contribution in [0.4, 0.5) is 0 Å². The van der Waals surface area contributed by atoms with Crippen molar-refractivity contribution in [1.29, 1.82) is 0 Å². The van der Waals surface area contributed by atoms with Crippen molar-refractivity contribution in [3.8, 4) is 11.3 Å². The molecule has 23 heavy (non-hydrogen) atoms. The molecule has 3 aromatic rings. The number of esters is 1. The van der Waals surface area contributed by atoms with Crippen LogP contribution in [0.5, 0.6) is 0 Å². The van der Waals surface area contributed by atoms with E-state index < -0.39 is 0 Å². The summed E-state index contributed by atoms with van der Waals surface area (Å²) < 4.78 is 6.60. The lowest BCUT2D eigenvalue weighted by Gasteiger charge is -2.03. The lowest BCUT2D eigenvalue weighted by Crippen LogP contribution is -2.06. The van der Waals surface area contributed by atoms with E-state index in [9.17, 15) is 4.79 Å². The molecular weight excluding hydrogens is 312 g/mol. The highest BCUT2D eigenvalue weighted by Gasteiger charge is 2.12. The molecule has 0 fully saturated rings. The summed E-state index contributed by atoms with van der Waals surface area (Å²) in [5.74, 6) is 0.419. The van der Waals surface area contributed by atoms with Gasteiger partial charge >= 0.3 is 5.97 Å². The van der Waals surface area contributed by atoms with Crippen LogP contribution in [-0.2, 0) is 9.53 Å². The number of benzene rings is 1. The zero-order valence-corrected chi connectivity index (χ0v) is 13.7. The normalized spacial score (nSPS) is 10.9. The van der Waals surface area contributed by atoms with Crippen molar-refractivity contribution >= 4 is 23.5 Å². The van der Waals surface area contributed by atoms with Crippen LogP contribution >= 0.6 is 11.8 Å². The number of thioether (sulfide) groups is 1. The van der Waals surface area contributed by atoms with E-state index in [2.05, 4.69) is 27.2 Å². The van der Waals surface area contributed by atoms with Gasteiger partial charge in [-0.2, -0.15) is 9.50 Å². The first-order valence-electron chi connectivity index (χ1n) is 7.24. The van der Waals surface area contributed by atoms with Crippen molar-refractivity contribution in [2.24, 2.45) is 0 Å². The third-order valence-electron chi connectivity index (χ3n) is 3.19. The predicted octanol–water partition coefficient (Wildman–Crippen LogP) is 2.75. The van der Waals surface area contributed by atoms with Crippen LogP contribution in [-0.4, -0.2) is 37.9 Å². The number of rotatable bonds is 5. The van der Waals surface area contributed by atoms with Gasteiger partial charge in [0.1, 0.15) is 0 Å². The Labute approximate surface area is 137 Å². The van der Waals surface area contributed by atoms with Crippen LogP contribution in [0.15, 0.2) is 41.7 Å². The lowest BCUT2D eigenvalue weighted by atomic mass is 10.1. The van der Waals surface area contributed by atoms with Gasteiger partial charge in [-0.1, -0.05) is 41.6 Å². The molecule has 0 atom stereocenters. The number of aryl methyl sites for hydroxylation is 1. The Hall–Kier alpha value is -2.41. The first kappa shape index (κ1) is 15.5. The highest BCUT2D eigenvalue weighted by Crippen LogP contribution is 2.21. The molecule has 0 radical (unpaired) electrons. The van der Waals surface area contributed by atoms with E-state index in [-0.39, 0.29) is 11.7 Å². The Kier molecular flexibility index (Phi) is 4.57. The minimum atomic E-state index is -0.275. The minimum absolute atomic E-state index is 0.185. The largest absolute Gasteiger partial charge is 0.465 e. The summed E-state index contributed by atoms with van der Waals surface area (Å²) >= 11 is 1.24. The maximum Gasteiger partial charge on any atom is 0.316 e. The smallest absolute Gasteiger partial charge is 0.316 e. The van der Waals surface area contributed by atoms with Gasteiger partial charge in [0.25, 0.3) is 5.78 Å². The van der Waals surface area contributed by atoms with Crippen molar-refractivity contribution in [1.82, 2.24) is 19.6 Å². The summed E-state index contributed by atoms with van der Waals surface area (Å²) in [5.41, 5.74) is 3.14. The molecule has 118 valence electrons. The highest BCUT2D eigenvalue weighted by atomic mass is 32.2. The molecule has 0 N–H and O–H groups in total. The van der Waals surface area contributed by atoms with Crippen LogP contribution in [0.3, 0.4) is 0 Å². The van der Waals surface area contributed by atoms with E-state index >= 15 is 0 Å². The number of carbonyl (C=O) groups excluding carboxylic acids is 1. The van der Waals surface area contributed by atoms with E-state index in [4.69, 9.17) is 4.74 Å². The molecule has 7 heteroatoms. The molecule has 0 spiro atoms. The van der Waals surface area contributed by atoms with Gasteiger partial charge < -0.3 is 4.74 Å². The SMILES string of the molecule is CCOC(=O)CSc1nc2nccc(-c3ccc(C)cc3)n2n1. The first-order valence-corrected chi connectivity index (χ1v) is 8.23. The summed E-state index contributed by atoms with van der Waals surface area (Å²) in [7, 11) is 0. The van der Waals surface area contributed by atoms with Crippen molar-refractivity contribution in [3.05, 3.63) is 42.1 Å². The van der Waals surface area contributed by atoms with Gasteiger partial charge in [0.05, 0.1) is 18.1 Å². The number of hydrogen-bond acceptors (Lipinski definition) is 6.